The highest BCUT2D eigenvalue weighted by Gasteiger charge is 2.17. The number of anilines is 1. The van der Waals surface area contributed by atoms with Crippen LogP contribution >= 0.6 is 0 Å². The van der Waals surface area contributed by atoms with Crippen LogP contribution in [-0.4, -0.2) is 5.91 Å². The van der Waals surface area contributed by atoms with E-state index >= 15 is 0 Å². The third-order valence-electron chi connectivity index (χ3n) is 3.39. The quantitative estimate of drug-likeness (QED) is 0.764. The van der Waals surface area contributed by atoms with E-state index in [1.165, 1.54) is 24.5 Å². The van der Waals surface area contributed by atoms with Crippen molar-refractivity contribution in [1.82, 2.24) is 0 Å². The lowest BCUT2D eigenvalue weighted by atomic mass is 10.1. The van der Waals surface area contributed by atoms with E-state index < -0.39 is 0 Å². The minimum Gasteiger partial charge on any atom is -0.459 e. The van der Waals surface area contributed by atoms with Crippen LogP contribution in [0, 0.1) is 12.7 Å². The molecular weight excluding hydrogens is 281 g/mol. The summed E-state index contributed by atoms with van der Waals surface area (Å²) in [5.74, 6) is -0.466. The Labute approximate surface area is 127 Å². The Morgan fingerprint density at radius 3 is 2.59 bits per heavy atom. The Bertz CT molecular complexity index is 809. The van der Waals surface area contributed by atoms with E-state index in [0.717, 1.165) is 11.1 Å². The molecule has 1 heterocycles. The summed E-state index contributed by atoms with van der Waals surface area (Å²) in [6.45, 7) is 1.74. The molecule has 3 nitrogen and oxygen atoms in total. The molecule has 0 saturated heterocycles. The van der Waals surface area contributed by atoms with Crippen LogP contribution in [0.2, 0.25) is 0 Å². The Kier molecular flexibility index (Phi) is 3.74. The van der Waals surface area contributed by atoms with Crippen molar-refractivity contribution in [3.63, 3.8) is 0 Å². The molecule has 0 atom stereocenters. The van der Waals surface area contributed by atoms with Crippen molar-refractivity contribution in [3.8, 4) is 11.1 Å². The fourth-order valence-electron chi connectivity index (χ4n) is 2.28. The number of halogens is 1. The molecule has 2 aromatic carbocycles. The van der Waals surface area contributed by atoms with Crippen molar-refractivity contribution in [3.05, 3.63) is 78.0 Å². The smallest absolute Gasteiger partial charge is 0.292 e. The highest BCUT2D eigenvalue weighted by atomic mass is 19.1. The molecule has 1 aromatic heterocycles. The number of amides is 1. The van der Waals surface area contributed by atoms with Crippen LogP contribution in [0.25, 0.3) is 11.1 Å². The van der Waals surface area contributed by atoms with Crippen molar-refractivity contribution in [2.24, 2.45) is 0 Å². The van der Waals surface area contributed by atoms with Crippen molar-refractivity contribution < 1.29 is 13.6 Å². The molecule has 1 amide bonds. The average Bonchev–Trinajstić information content (AvgIpc) is 3.00. The normalized spacial score (nSPS) is 10.5. The predicted octanol–water partition coefficient (Wildman–Crippen LogP) is 4.65. The molecular formula is C18H14FNO2. The van der Waals surface area contributed by atoms with Gasteiger partial charge in [-0.2, -0.15) is 0 Å². The first-order valence-electron chi connectivity index (χ1n) is 6.85. The summed E-state index contributed by atoms with van der Waals surface area (Å²) in [7, 11) is 0. The maximum Gasteiger partial charge on any atom is 0.292 e. The number of rotatable bonds is 3. The fourth-order valence-corrected chi connectivity index (χ4v) is 2.28. The van der Waals surface area contributed by atoms with Crippen LogP contribution in [0.3, 0.4) is 0 Å². The Hall–Kier alpha value is -2.88. The van der Waals surface area contributed by atoms with Crippen LogP contribution in [0.4, 0.5) is 10.1 Å². The van der Waals surface area contributed by atoms with Crippen LogP contribution in [0.15, 0.2) is 65.3 Å². The number of hydrogen-bond acceptors (Lipinski definition) is 2. The summed E-state index contributed by atoms with van der Waals surface area (Å²) in [5.41, 5.74) is 2.83. The molecule has 0 radical (unpaired) electrons. The summed E-state index contributed by atoms with van der Waals surface area (Å²) in [6.07, 6.45) is 1.48. The number of nitrogens with one attached hydrogen (secondary N) is 1. The van der Waals surface area contributed by atoms with Crippen LogP contribution in [0.1, 0.15) is 16.1 Å². The molecule has 0 bridgehead atoms. The number of carbonyl (C=O) groups is 1. The highest BCUT2D eigenvalue weighted by Crippen LogP contribution is 2.26. The molecule has 1 N–H and O–H groups in total. The van der Waals surface area contributed by atoms with Gasteiger partial charge >= 0.3 is 0 Å². The second-order valence-electron chi connectivity index (χ2n) is 4.94. The first kappa shape index (κ1) is 14.1. The van der Waals surface area contributed by atoms with Gasteiger partial charge in [0.05, 0.1) is 6.26 Å². The van der Waals surface area contributed by atoms with Crippen LogP contribution < -0.4 is 5.32 Å². The maximum atomic E-state index is 13.1. The largest absolute Gasteiger partial charge is 0.459 e. The number of hydrogen-bond donors (Lipinski definition) is 1. The van der Waals surface area contributed by atoms with Gasteiger partial charge in [0, 0.05) is 11.3 Å². The minimum absolute atomic E-state index is 0.231. The van der Waals surface area contributed by atoms with E-state index in [2.05, 4.69) is 5.32 Å². The Balaban J connectivity index is 1.89. The van der Waals surface area contributed by atoms with E-state index in [1.807, 2.05) is 30.3 Å². The molecule has 4 heteroatoms. The number of furan rings is 1. The van der Waals surface area contributed by atoms with Gasteiger partial charge in [0.2, 0.25) is 0 Å². The zero-order valence-electron chi connectivity index (χ0n) is 12.0. The zero-order chi connectivity index (χ0) is 15.5. The summed E-state index contributed by atoms with van der Waals surface area (Å²) >= 11 is 0. The van der Waals surface area contributed by atoms with Crippen LogP contribution in [-0.2, 0) is 0 Å². The summed E-state index contributed by atoms with van der Waals surface area (Å²) in [5, 5.41) is 2.75. The van der Waals surface area contributed by atoms with Gasteiger partial charge in [-0.05, 0) is 42.3 Å². The fraction of sp³-hybridized carbons (Fsp3) is 0.0556. The first-order valence-corrected chi connectivity index (χ1v) is 6.85. The van der Waals surface area contributed by atoms with Gasteiger partial charge in [0.1, 0.15) is 5.82 Å². The zero-order valence-corrected chi connectivity index (χ0v) is 12.0. The molecule has 0 spiro atoms. The molecule has 0 fully saturated rings. The summed E-state index contributed by atoms with van der Waals surface area (Å²) < 4.78 is 18.4. The van der Waals surface area contributed by atoms with E-state index in [4.69, 9.17) is 4.42 Å². The van der Waals surface area contributed by atoms with Gasteiger partial charge in [-0.1, -0.05) is 30.3 Å². The SMILES string of the molecule is Cc1cc(F)ccc1NC(=O)c1occc1-c1ccccc1. The monoisotopic (exact) mass is 295 g/mol. The lowest BCUT2D eigenvalue weighted by molar-refractivity contribution is 0.0997. The van der Waals surface area contributed by atoms with Gasteiger partial charge in [-0.25, -0.2) is 4.39 Å². The van der Waals surface area contributed by atoms with E-state index in [0.29, 0.717) is 11.3 Å². The van der Waals surface area contributed by atoms with Gasteiger partial charge in [0.25, 0.3) is 5.91 Å². The molecule has 0 aliphatic heterocycles. The second kappa shape index (κ2) is 5.85. The van der Waals surface area contributed by atoms with Crippen molar-refractivity contribution in [1.29, 1.82) is 0 Å². The standard InChI is InChI=1S/C18H14FNO2/c1-12-11-14(19)7-8-16(12)20-18(21)17-15(9-10-22-17)13-5-3-2-4-6-13/h2-11H,1H3,(H,20,21). The second-order valence-corrected chi connectivity index (χ2v) is 4.94. The summed E-state index contributed by atoms with van der Waals surface area (Å²) in [4.78, 5) is 12.4. The molecule has 110 valence electrons. The highest BCUT2D eigenvalue weighted by molar-refractivity contribution is 6.06. The lowest BCUT2D eigenvalue weighted by Gasteiger charge is -2.08. The topological polar surface area (TPSA) is 42.2 Å². The first-order chi connectivity index (χ1) is 10.6. The lowest BCUT2D eigenvalue weighted by Crippen LogP contribution is -2.13. The maximum absolute atomic E-state index is 13.1. The van der Waals surface area contributed by atoms with E-state index in [1.54, 1.807) is 13.0 Å². The molecule has 3 rings (SSSR count). The minimum atomic E-state index is -0.362. The van der Waals surface area contributed by atoms with Gasteiger partial charge in [-0.15, -0.1) is 0 Å². The van der Waals surface area contributed by atoms with Crippen molar-refractivity contribution in [2.45, 2.75) is 6.92 Å². The van der Waals surface area contributed by atoms with Crippen LogP contribution in [0.5, 0.6) is 0 Å². The molecule has 22 heavy (non-hydrogen) atoms. The average molecular weight is 295 g/mol. The van der Waals surface area contributed by atoms with Gasteiger partial charge in [0.15, 0.2) is 5.76 Å². The van der Waals surface area contributed by atoms with Crippen molar-refractivity contribution in [2.75, 3.05) is 5.32 Å². The molecule has 0 unspecified atom stereocenters. The number of carbonyl (C=O) groups excluding carboxylic acids is 1. The number of aryl methyl sites for hydroxylation is 1. The van der Waals surface area contributed by atoms with Gasteiger partial charge in [-0.3, -0.25) is 4.79 Å². The molecule has 0 aliphatic carbocycles. The Morgan fingerprint density at radius 2 is 1.86 bits per heavy atom. The Morgan fingerprint density at radius 1 is 1.09 bits per heavy atom. The predicted molar refractivity (Wildman–Crippen MR) is 83.2 cm³/mol. The van der Waals surface area contributed by atoms with Gasteiger partial charge < -0.3 is 9.73 Å². The molecule has 0 aliphatic rings. The third kappa shape index (κ3) is 2.76. The van der Waals surface area contributed by atoms with Crippen molar-refractivity contribution >= 4 is 11.6 Å². The van der Waals surface area contributed by atoms with E-state index in [-0.39, 0.29) is 17.5 Å². The molecule has 3 aromatic rings. The van der Waals surface area contributed by atoms with E-state index in [9.17, 15) is 9.18 Å². The number of benzene rings is 2. The third-order valence-corrected chi connectivity index (χ3v) is 3.39. The summed E-state index contributed by atoms with van der Waals surface area (Å²) in [6, 6.07) is 15.5. The molecule has 0 saturated carbocycles.